The summed E-state index contributed by atoms with van der Waals surface area (Å²) in [6.45, 7) is 3.65. The van der Waals surface area contributed by atoms with Crippen LogP contribution < -0.4 is 9.47 Å². The Kier molecular flexibility index (Phi) is 6.43. The highest BCUT2D eigenvalue weighted by Crippen LogP contribution is 2.38. The van der Waals surface area contributed by atoms with Crippen LogP contribution in [0.25, 0.3) is 0 Å². The fraction of sp³-hybridized carbons (Fsp3) is 0.500. The third-order valence-electron chi connectivity index (χ3n) is 1.60. The predicted molar refractivity (Wildman–Crippen MR) is 69.2 cm³/mol. The monoisotopic (exact) mass is 307 g/mol. The van der Waals surface area contributed by atoms with Crippen LogP contribution in [0.15, 0.2) is 4.34 Å². The van der Waals surface area contributed by atoms with Crippen LogP contribution in [0, 0.1) is 0 Å². The van der Waals surface area contributed by atoms with Gasteiger partial charge in [-0.15, -0.1) is 0 Å². The second-order valence-electron chi connectivity index (χ2n) is 2.85. The van der Waals surface area contributed by atoms with Crippen molar-refractivity contribution < 1.29 is 28.5 Å². The van der Waals surface area contributed by atoms with Crippen LogP contribution in [0.2, 0.25) is 0 Å². The summed E-state index contributed by atoms with van der Waals surface area (Å²) in [7, 11) is 0. The van der Waals surface area contributed by atoms with Crippen molar-refractivity contribution in [2.45, 2.75) is 18.2 Å². The highest BCUT2D eigenvalue weighted by molar-refractivity contribution is 8.00. The van der Waals surface area contributed by atoms with E-state index in [2.05, 4.69) is 14.5 Å². The van der Waals surface area contributed by atoms with Gasteiger partial charge in [-0.25, -0.2) is 9.59 Å². The zero-order valence-corrected chi connectivity index (χ0v) is 12.3. The molecule has 0 N–H and O–H groups in total. The lowest BCUT2D eigenvalue weighted by Crippen LogP contribution is -2.13. The maximum absolute atomic E-state index is 11.2. The van der Waals surface area contributed by atoms with E-state index in [9.17, 15) is 9.59 Å². The minimum atomic E-state index is -0.908. The third-order valence-corrected chi connectivity index (χ3v) is 3.50. The van der Waals surface area contributed by atoms with Crippen LogP contribution >= 0.6 is 23.1 Å². The van der Waals surface area contributed by atoms with Gasteiger partial charge in [0.25, 0.3) is 10.9 Å². The Morgan fingerprint density at radius 2 is 1.74 bits per heavy atom. The van der Waals surface area contributed by atoms with E-state index >= 15 is 0 Å². The Hall–Kier alpha value is -1.48. The summed E-state index contributed by atoms with van der Waals surface area (Å²) in [6.07, 6.45) is 0.00266. The third kappa shape index (κ3) is 4.95. The second-order valence-corrected chi connectivity index (χ2v) is 4.86. The molecule has 0 bridgehead atoms. The molecule has 0 aliphatic carbocycles. The normalized spacial score (nSPS) is 9.84. The minimum absolute atomic E-state index is 0.0517. The topological polar surface area (TPSA) is 84.0 Å². The van der Waals surface area contributed by atoms with Crippen molar-refractivity contribution in [2.75, 3.05) is 19.5 Å². The molecular weight excluding hydrogens is 294 g/mol. The van der Waals surface area contributed by atoms with Crippen LogP contribution in [-0.2, 0) is 9.47 Å². The first-order chi connectivity index (χ1) is 9.10. The number of nitrogens with zero attached hydrogens (tertiary/aromatic N) is 1. The SMILES string of the molecule is CCOC(=O)Oc1nc(SC)sc1OC(=O)OCC. The van der Waals surface area contributed by atoms with Crippen molar-refractivity contribution in [1.82, 2.24) is 4.98 Å². The summed E-state index contributed by atoms with van der Waals surface area (Å²) < 4.78 is 19.6. The van der Waals surface area contributed by atoms with Gasteiger partial charge in [0, 0.05) is 0 Å². The molecule has 0 amide bonds. The highest BCUT2D eigenvalue weighted by Gasteiger charge is 2.21. The van der Waals surface area contributed by atoms with Gasteiger partial charge in [-0.2, -0.15) is 4.98 Å². The highest BCUT2D eigenvalue weighted by atomic mass is 32.2. The predicted octanol–water partition coefficient (Wildman–Crippen LogP) is 2.94. The van der Waals surface area contributed by atoms with Gasteiger partial charge >= 0.3 is 12.3 Å². The Morgan fingerprint density at radius 1 is 1.16 bits per heavy atom. The molecule has 19 heavy (non-hydrogen) atoms. The molecule has 1 rings (SSSR count). The molecule has 0 aromatic carbocycles. The first-order valence-corrected chi connectivity index (χ1v) is 7.38. The van der Waals surface area contributed by atoms with Crippen molar-refractivity contribution in [1.29, 1.82) is 0 Å². The summed E-state index contributed by atoms with van der Waals surface area (Å²) >= 11 is 2.40. The van der Waals surface area contributed by atoms with E-state index in [1.165, 1.54) is 11.8 Å². The quantitative estimate of drug-likeness (QED) is 0.606. The number of ether oxygens (including phenoxy) is 4. The summed E-state index contributed by atoms with van der Waals surface area (Å²) in [6, 6.07) is 0. The van der Waals surface area contributed by atoms with Crippen molar-refractivity contribution in [3.63, 3.8) is 0 Å². The van der Waals surface area contributed by atoms with Gasteiger partial charge in [-0.05, 0) is 20.1 Å². The number of thioether (sulfide) groups is 1. The van der Waals surface area contributed by atoms with E-state index in [1.807, 2.05) is 0 Å². The molecule has 0 radical (unpaired) electrons. The van der Waals surface area contributed by atoms with Crippen LogP contribution in [0.4, 0.5) is 9.59 Å². The largest absolute Gasteiger partial charge is 0.515 e. The molecule has 0 saturated carbocycles. The van der Waals surface area contributed by atoms with Crippen LogP contribution in [0.3, 0.4) is 0 Å². The number of hydrogen-bond acceptors (Lipinski definition) is 9. The number of rotatable bonds is 5. The summed E-state index contributed by atoms with van der Waals surface area (Å²) in [5, 5.41) is 0.0517. The molecule has 0 saturated heterocycles. The van der Waals surface area contributed by atoms with E-state index in [0.29, 0.717) is 4.34 Å². The number of carbonyl (C=O) groups excluding carboxylic acids is 2. The Morgan fingerprint density at radius 3 is 2.26 bits per heavy atom. The first-order valence-electron chi connectivity index (χ1n) is 5.34. The van der Waals surface area contributed by atoms with E-state index in [1.54, 1.807) is 20.1 Å². The van der Waals surface area contributed by atoms with Crippen molar-refractivity contribution in [2.24, 2.45) is 0 Å². The van der Waals surface area contributed by atoms with Gasteiger partial charge < -0.3 is 18.9 Å². The number of hydrogen-bond donors (Lipinski definition) is 0. The molecule has 1 aromatic rings. The standard InChI is InChI=1S/C10H13NO6S2/c1-4-14-9(12)16-6-7(17-10(13)15-5-2)19-8(11-6)18-3/h4-5H2,1-3H3. The Balaban J connectivity index is 2.80. The van der Waals surface area contributed by atoms with Gasteiger partial charge in [-0.3, -0.25) is 0 Å². The van der Waals surface area contributed by atoms with Crippen LogP contribution in [0.1, 0.15) is 13.8 Å². The van der Waals surface area contributed by atoms with Gasteiger partial charge in [0.2, 0.25) is 0 Å². The van der Waals surface area contributed by atoms with E-state index in [-0.39, 0.29) is 24.2 Å². The zero-order chi connectivity index (χ0) is 14.3. The molecule has 0 unspecified atom stereocenters. The van der Waals surface area contributed by atoms with Crippen LogP contribution in [0.5, 0.6) is 10.9 Å². The molecule has 0 fully saturated rings. The van der Waals surface area contributed by atoms with Crippen molar-refractivity contribution in [3.05, 3.63) is 0 Å². The van der Waals surface area contributed by atoms with Crippen LogP contribution in [-0.4, -0.2) is 36.8 Å². The summed E-state index contributed by atoms with van der Waals surface area (Å²) in [5.74, 6) is -0.110. The van der Waals surface area contributed by atoms with Gasteiger partial charge in [0.1, 0.15) is 0 Å². The molecule has 0 atom stereocenters. The number of carbonyl (C=O) groups is 2. The number of aromatic nitrogens is 1. The summed E-state index contributed by atoms with van der Waals surface area (Å²) in [4.78, 5) is 26.4. The smallest absolute Gasteiger partial charge is 0.434 e. The molecule has 0 aliphatic rings. The van der Waals surface area contributed by atoms with Gasteiger partial charge in [0.05, 0.1) is 13.2 Å². The number of thiazole rings is 1. The zero-order valence-electron chi connectivity index (χ0n) is 10.6. The van der Waals surface area contributed by atoms with Crippen molar-refractivity contribution >= 4 is 35.4 Å². The minimum Gasteiger partial charge on any atom is -0.434 e. The van der Waals surface area contributed by atoms with Crippen molar-refractivity contribution in [3.8, 4) is 10.9 Å². The molecule has 0 aliphatic heterocycles. The maximum atomic E-state index is 11.2. The fourth-order valence-electron chi connectivity index (χ4n) is 0.940. The fourth-order valence-corrected chi connectivity index (χ4v) is 2.25. The van der Waals surface area contributed by atoms with Gasteiger partial charge in [-0.1, -0.05) is 23.1 Å². The van der Waals surface area contributed by atoms with E-state index < -0.39 is 12.3 Å². The molecule has 0 spiro atoms. The van der Waals surface area contributed by atoms with E-state index in [4.69, 9.17) is 9.47 Å². The lowest BCUT2D eigenvalue weighted by Gasteiger charge is -2.04. The summed E-state index contributed by atoms with van der Waals surface area (Å²) in [5.41, 5.74) is 0. The molecule has 1 heterocycles. The molecule has 9 heteroatoms. The first kappa shape index (κ1) is 15.6. The maximum Gasteiger partial charge on any atom is 0.515 e. The average molecular weight is 307 g/mol. The second kappa shape index (κ2) is 7.85. The average Bonchev–Trinajstić information content (AvgIpc) is 2.72. The Bertz CT molecular complexity index is 410. The lowest BCUT2D eigenvalue weighted by molar-refractivity contribution is 0.0938. The molecular formula is C10H13NO6S2. The molecule has 1 aromatic heterocycles. The molecule has 106 valence electrons. The Labute approximate surface area is 118 Å². The molecule has 7 nitrogen and oxygen atoms in total. The van der Waals surface area contributed by atoms with Gasteiger partial charge in [0.15, 0.2) is 4.34 Å². The van der Waals surface area contributed by atoms with E-state index in [0.717, 1.165) is 11.3 Å². The lowest BCUT2D eigenvalue weighted by atomic mass is 10.8.